The Morgan fingerprint density at radius 1 is 0.479 bits per heavy atom. The molecule has 7 heteroatoms. The standard InChI is InChI=1S/C41H43N3O4/c45-36-24-38(40(47,30-14-5-1-6-15-30)31-16-7-2-8-17-31)43(28-36)26-34-22-13-23-35(42-34)27-44-29-37(46)25-39(44)41(48,32-18-9-3-10-19-32)33-20-11-4-12-21-33/h1-23,36-39,45-48H,24-29H2/t36?,37?,38-,39?/m1/s1. The molecule has 2 aliphatic rings. The smallest absolute Gasteiger partial charge is 0.130 e. The summed E-state index contributed by atoms with van der Waals surface area (Å²) in [6, 6.07) is 44.0. The first-order valence-corrected chi connectivity index (χ1v) is 16.8. The maximum Gasteiger partial charge on any atom is 0.130 e. The van der Waals surface area contributed by atoms with Crippen molar-refractivity contribution in [3.63, 3.8) is 0 Å². The topological polar surface area (TPSA) is 100 Å². The summed E-state index contributed by atoms with van der Waals surface area (Å²) in [5.74, 6) is 0. The number of β-amino-alcohol motifs (C(OH)–C–C–N with tert-alkyl or cyclic N) is 2. The zero-order valence-corrected chi connectivity index (χ0v) is 27.0. The number of aromatic nitrogens is 1. The molecule has 4 N–H and O–H groups in total. The molecule has 7 rings (SSSR count). The number of hydrogen-bond donors (Lipinski definition) is 4. The Morgan fingerprint density at radius 3 is 1.10 bits per heavy atom. The fraction of sp³-hybridized carbons (Fsp3) is 0.293. The molecule has 2 fully saturated rings. The molecule has 3 heterocycles. The fourth-order valence-corrected chi connectivity index (χ4v) is 7.97. The van der Waals surface area contributed by atoms with Gasteiger partial charge in [0.2, 0.25) is 0 Å². The van der Waals surface area contributed by atoms with E-state index in [1.54, 1.807) is 0 Å². The molecule has 0 spiro atoms. The molecule has 7 nitrogen and oxygen atoms in total. The number of pyridine rings is 1. The van der Waals surface area contributed by atoms with Crippen molar-refractivity contribution in [1.82, 2.24) is 14.8 Å². The SMILES string of the molecule is OC1CC(C(O)(c2ccccc2)c2ccccc2)N(Cc2cccc(CN3CC(O)C[C@@H]3C(O)(c3ccccc3)c3ccccc3)n2)C1. The Bertz CT molecular complexity index is 1570. The minimum Gasteiger partial charge on any atom is -0.392 e. The third-order valence-corrected chi connectivity index (χ3v) is 10.2. The molecule has 0 radical (unpaired) electrons. The van der Waals surface area contributed by atoms with Crippen LogP contribution in [0.1, 0.15) is 46.5 Å². The summed E-state index contributed by atoms with van der Waals surface area (Å²) in [5.41, 5.74) is 2.11. The van der Waals surface area contributed by atoms with Crippen molar-refractivity contribution in [1.29, 1.82) is 0 Å². The molecule has 3 unspecified atom stereocenters. The van der Waals surface area contributed by atoms with Crippen LogP contribution in [-0.2, 0) is 24.3 Å². The molecular weight excluding hydrogens is 598 g/mol. The van der Waals surface area contributed by atoms with Gasteiger partial charge in [0, 0.05) is 38.3 Å². The molecule has 0 aliphatic carbocycles. The van der Waals surface area contributed by atoms with E-state index < -0.39 is 23.4 Å². The summed E-state index contributed by atoms with van der Waals surface area (Å²) < 4.78 is 0. The van der Waals surface area contributed by atoms with Crippen LogP contribution >= 0.6 is 0 Å². The highest BCUT2D eigenvalue weighted by molar-refractivity contribution is 5.40. The Kier molecular flexibility index (Phi) is 9.25. The van der Waals surface area contributed by atoms with Crippen LogP contribution in [-0.4, -0.2) is 72.6 Å². The van der Waals surface area contributed by atoms with Gasteiger partial charge in [-0.3, -0.25) is 14.8 Å². The van der Waals surface area contributed by atoms with Gasteiger partial charge in [-0.2, -0.15) is 0 Å². The van der Waals surface area contributed by atoms with Gasteiger partial charge in [-0.1, -0.05) is 127 Å². The van der Waals surface area contributed by atoms with Crippen LogP contribution in [0.2, 0.25) is 0 Å². The van der Waals surface area contributed by atoms with E-state index in [-0.39, 0.29) is 12.1 Å². The van der Waals surface area contributed by atoms with Crippen LogP contribution in [0.4, 0.5) is 0 Å². The van der Waals surface area contributed by atoms with Gasteiger partial charge in [0.25, 0.3) is 0 Å². The van der Waals surface area contributed by atoms with Crippen molar-refractivity contribution >= 4 is 0 Å². The van der Waals surface area contributed by atoms with Gasteiger partial charge >= 0.3 is 0 Å². The molecule has 2 saturated heterocycles. The van der Waals surface area contributed by atoms with Gasteiger partial charge in [-0.15, -0.1) is 0 Å². The lowest BCUT2D eigenvalue weighted by Gasteiger charge is -2.40. The first kappa shape index (κ1) is 32.3. The van der Waals surface area contributed by atoms with E-state index in [1.165, 1.54) is 0 Å². The van der Waals surface area contributed by atoms with E-state index in [0.717, 1.165) is 33.6 Å². The summed E-state index contributed by atoms with van der Waals surface area (Å²) in [6.07, 6.45) is -0.328. The number of benzene rings is 4. The second-order valence-corrected chi connectivity index (χ2v) is 13.3. The predicted octanol–water partition coefficient (Wildman–Crippen LogP) is 4.82. The van der Waals surface area contributed by atoms with Gasteiger partial charge in [-0.05, 0) is 47.2 Å². The number of aliphatic hydroxyl groups is 4. The van der Waals surface area contributed by atoms with E-state index in [9.17, 15) is 20.4 Å². The number of likely N-dealkylation sites (tertiary alicyclic amines) is 2. The van der Waals surface area contributed by atoms with E-state index in [0.29, 0.717) is 39.0 Å². The predicted molar refractivity (Wildman–Crippen MR) is 186 cm³/mol. The molecule has 0 saturated carbocycles. The minimum atomic E-state index is -1.34. The third-order valence-electron chi connectivity index (χ3n) is 10.2. The van der Waals surface area contributed by atoms with Crippen molar-refractivity contribution < 1.29 is 20.4 Å². The summed E-state index contributed by atoms with van der Waals surface area (Å²) in [4.78, 5) is 9.35. The Labute approximate surface area is 282 Å². The van der Waals surface area contributed by atoms with E-state index in [1.807, 2.05) is 140 Å². The Balaban J connectivity index is 1.17. The molecule has 246 valence electrons. The Morgan fingerprint density at radius 2 is 0.792 bits per heavy atom. The quantitative estimate of drug-likeness (QED) is 0.174. The summed E-state index contributed by atoms with van der Waals surface area (Å²) in [5, 5.41) is 47.0. The average molecular weight is 642 g/mol. The van der Waals surface area contributed by atoms with Crippen molar-refractivity contribution in [2.75, 3.05) is 13.1 Å². The normalized spacial score (nSPS) is 22.2. The van der Waals surface area contributed by atoms with Crippen LogP contribution in [0.3, 0.4) is 0 Å². The van der Waals surface area contributed by atoms with Gasteiger partial charge in [-0.25, -0.2) is 0 Å². The van der Waals surface area contributed by atoms with Crippen molar-refractivity contribution in [2.24, 2.45) is 0 Å². The van der Waals surface area contributed by atoms with E-state index in [4.69, 9.17) is 4.98 Å². The maximum absolute atomic E-state index is 12.6. The van der Waals surface area contributed by atoms with E-state index >= 15 is 0 Å². The summed E-state index contributed by atoms with van der Waals surface area (Å²) in [6.45, 7) is 1.73. The maximum atomic E-state index is 12.6. The monoisotopic (exact) mass is 641 g/mol. The Hall–Kier alpha value is -4.21. The zero-order chi connectivity index (χ0) is 33.1. The number of rotatable bonds is 10. The van der Waals surface area contributed by atoms with Gasteiger partial charge in [0.15, 0.2) is 0 Å². The highest BCUT2D eigenvalue weighted by Gasteiger charge is 2.49. The fourth-order valence-electron chi connectivity index (χ4n) is 7.97. The van der Waals surface area contributed by atoms with Crippen molar-refractivity contribution in [2.45, 2.75) is 61.4 Å². The first-order valence-electron chi connectivity index (χ1n) is 16.8. The lowest BCUT2D eigenvalue weighted by Crippen LogP contribution is -2.48. The molecule has 4 atom stereocenters. The van der Waals surface area contributed by atoms with Crippen molar-refractivity contribution in [3.8, 4) is 0 Å². The molecule has 5 aromatic rings. The van der Waals surface area contributed by atoms with Crippen LogP contribution in [0.5, 0.6) is 0 Å². The highest BCUT2D eigenvalue weighted by Crippen LogP contribution is 2.42. The second-order valence-electron chi connectivity index (χ2n) is 13.3. The molecule has 1 aromatic heterocycles. The van der Waals surface area contributed by atoms with E-state index in [2.05, 4.69) is 9.80 Å². The third kappa shape index (κ3) is 6.21. The number of hydrogen-bond acceptors (Lipinski definition) is 7. The summed E-state index contributed by atoms with van der Waals surface area (Å²) in [7, 11) is 0. The van der Waals surface area contributed by atoms with Gasteiger partial charge in [0.05, 0.1) is 23.6 Å². The van der Waals surface area contributed by atoms with Crippen LogP contribution in [0.25, 0.3) is 0 Å². The van der Waals surface area contributed by atoms with Crippen molar-refractivity contribution in [3.05, 3.63) is 173 Å². The van der Waals surface area contributed by atoms with Crippen LogP contribution < -0.4 is 0 Å². The largest absolute Gasteiger partial charge is 0.392 e. The molecule has 4 aromatic carbocycles. The molecule has 2 aliphatic heterocycles. The van der Waals surface area contributed by atoms with Gasteiger partial charge < -0.3 is 20.4 Å². The van der Waals surface area contributed by atoms with Crippen LogP contribution in [0.15, 0.2) is 140 Å². The minimum absolute atomic E-state index is 0.382. The zero-order valence-electron chi connectivity index (χ0n) is 27.0. The lowest BCUT2D eigenvalue weighted by atomic mass is 9.79. The van der Waals surface area contributed by atoms with Gasteiger partial charge in [0.1, 0.15) is 11.2 Å². The molecule has 0 bridgehead atoms. The second kappa shape index (κ2) is 13.7. The summed E-state index contributed by atoms with van der Waals surface area (Å²) >= 11 is 0. The number of aliphatic hydroxyl groups excluding tert-OH is 2. The average Bonchev–Trinajstić information content (AvgIpc) is 3.70. The molecule has 48 heavy (non-hydrogen) atoms. The number of nitrogens with zero attached hydrogens (tertiary/aromatic N) is 3. The highest BCUT2D eigenvalue weighted by atomic mass is 16.3. The molecule has 0 amide bonds. The van der Waals surface area contributed by atoms with Crippen LogP contribution in [0, 0.1) is 0 Å². The molecular formula is C41H43N3O4. The first-order chi connectivity index (χ1) is 23.4. The lowest BCUT2D eigenvalue weighted by molar-refractivity contribution is -0.00793.